The molecule has 1 saturated heterocycles. The maximum atomic E-state index is 11.4. The molecule has 2 heterocycles. The van der Waals surface area contributed by atoms with Gasteiger partial charge in [0.05, 0.1) is 12.6 Å². The van der Waals surface area contributed by atoms with Gasteiger partial charge in [0, 0.05) is 24.9 Å². The Balaban J connectivity index is 2.09. The molecule has 2 rings (SSSR count). The van der Waals surface area contributed by atoms with Gasteiger partial charge in [0.1, 0.15) is 0 Å². The molecule has 1 amide bonds. The normalized spacial score (nSPS) is 28.0. The monoisotopic (exact) mass is 179 g/mol. The SMILES string of the molecule is NC1=CC(N2CCCC2=O)CN=C1. The molecule has 0 saturated carbocycles. The van der Waals surface area contributed by atoms with Crippen LogP contribution >= 0.6 is 0 Å². The van der Waals surface area contributed by atoms with Crippen molar-refractivity contribution in [3.05, 3.63) is 11.8 Å². The highest BCUT2D eigenvalue weighted by Gasteiger charge is 2.27. The number of dihydropyridines is 1. The van der Waals surface area contributed by atoms with Gasteiger partial charge in [0.15, 0.2) is 0 Å². The maximum absolute atomic E-state index is 11.4. The first-order valence-electron chi connectivity index (χ1n) is 4.54. The van der Waals surface area contributed by atoms with Crippen LogP contribution in [0.5, 0.6) is 0 Å². The van der Waals surface area contributed by atoms with E-state index in [0.29, 0.717) is 18.7 Å². The lowest BCUT2D eigenvalue weighted by Gasteiger charge is -2.25. The van der Waals surface area contributed by atoms with Gasteiger partial charge in [-0.05, 0) is 12.5 Å². The molecule has 0 aromatic heterocycles. The topological polar surface area (TPSA) is 58.7 Å². The van der Waals surface area contributed by atoms with E-state index in [-0.39, 0.29) is 11.9 Å². The Morgan fingerprint density at radius 2 is 2.46 bits per heavy atom. The molecule has 2 aliphatic heterocycles. The van der Waals surface area contributed by atoms with Crippen LogP contribution in [0.4, 0.5) is 0 Å². The summed E-state index contributed by atoms with van der Waals surface area (Å²) in [7, 11) is 0. The van der Waals surface area contributed by atoms with Crippen molar-refractivity contribution >= 4 is 12.1 Å². The van der Waals surface area contributed by atoms with Gasteiger partial charge in [0.2, 0.25) is 5.91 Å². The Hall–Kier alpha value is -1.32. The third-order valence-electron chi connectivity index (χ3n) is 2.43. The third-order valence-corrected chi connectivity index (χ3v) is 2.43. The van der Waals surface area contributed by atoms with Crippen molar-refractivity contribution < 1.29 is 4.79 Å². The van der Waals surface area contributed by atoms with Gasteiger partial charge in [0.25, 0.3) is 0 Å². The van der Waals surface area contributed by atoms with Crippen molar-refractivity contribution in [2.45, 2.75) is 18.9 Å². The largest absolute Gasteiger partial charge is 0.398 e. The summed E-state index contributed by atoms with van der Waals surface area (Å²) in [6.45, 7) is 1.51. The maximum Gasteiger partial charge on any atom is 0.223 e. The Morgan fingerprint density at radius 1 is 1.62 bits per heavy atom. The van der Waals surface area contributed by atoms with Gasteiger partial charge >= 0.3 is 0 Å². The summed E-state index contributed by atoms with van der Waals surface area (Å²) in [5, 5.41) is 0. The minimum atomic E-state index is 0.0972. The van der Waals surface area contributed by atoms with E-state index >= 15 is 0 Å². The molecule has 2 aliphatic rings. The van der Waals surface area contributed by atoms with Crippen molar-refractivity contribution in [2.75, 3.05) is 13.1 Å². The van der Waals surface area contributed by atoms with Crippen LogP contribution in [0.2, 0.25) is 0 Å². The number of hydrogen-bond acceptors (Lipinski definition) is 3. The zero-order valence-corrected chi connectivity index (χ0v) is 7.44. The number of carbonyl (C=O) groups excluding carboxylic acids is 1. The molecule has 0 aliphatic carbocycles. The Morgan fingerprint density at radius 3 is 3.08 bits per heavy atom. The number of likely N-dealkylation sites (tertiary alicyclic amines) is 1. The third kappa shape index (κ3) is 1.56. The second-order valence-electron chi connectivity index (χ2n) is 3.42. The van der Waals surface area contributed by atoms with Crippen LogP contribution in [0.1, 0.15) is 12.8 Å². The average Bonchev–Trinajstić information content (AvgIpc) is 2.51. The van der Waals surface area contributed by atoms with Gasteiger partial charge in [-0.1, -0.05) is 0 Å². The van der Waals surface area contributed by atoms with E-state index in [2.05, 4.69) is 4.99 Å². The zero-order valence-electron chi connectivity index (χ0n) is 7.44. The predicted molar refractivity (Wildman–Crippen MR) is 50.4 cm³/mol. The van der Waals surface area contributed by atoms with E-state index in [1.807, 2.05) is 11.0 Å². The quantitative estimate of drug-likeness (QED) is 0.611. The van der Waals surface area contributed by atoms with Crippen molar-refractivity contribution in [3.8, 4) is 0 Å². The zero-order chi connectivity index (χ0) is 9.26. The first-order chi connectivity index (χ1) is 6.27. The Labute approximate surface area is 77.1 Å². The van der Waals surface area contributed by atoms with Crippen LogP contribution in [-0.2, 0) is 4.79 Å². The minimum absolute atomic E-state index is 0.0972. The first kappa shape index (κ1) is 8.29. The molecule has 13 heavy (non-hydrogen) atoms. The average molecular weight is 179 g/mol. The number of rotatable bonds is 1. The number of hydrogen-bond donors (Lipinski definition) is 1. The highest BCUT2D eigenvalue weighted by molar-refractivity contribution is 5.81. The molecule has 70 valence electrons. The molecule has 4 heteroatoms. The van der Waals surface area contributed by atoms with Crippen LogP contribution in [-0.4, -0.2) is 36.2 Å². The number of nitrogens with two attached hydrogens (primary N) is 1. The minimum Gasteiger partial charge on any atom is -0.398 e. The molecule has 1 unspecified atom stereocenters. The second kappa shape index (κ2) is 3.20. The van der Waals surface area contributed by atoms with Gasteiger partial charge in [-0.25, -0.2) is 0 Å². The smallest absolute Gasteiger partial charge is 0.223 e. The van der Waals surface area contributed by atoms with Crippen LogP contribution in [0.3, 0.4) is 0 Å². The molecule has 0 bridgehead atoms. The molecular formula is C9H13N3O. The van der Waals surface area contributed by atoms with Crippen molar-refractivity contribution in [1.82, 2.24) is 4.90 Å². The summed E-state index contributed by atoms with van der Waals surface area (Å²) in [6, 6.07) is 0.0972. The van der Waals surface area contributed by atoms with Crippen LogP contribution in [0.15, 0.2) is 16.8 Å². The van der Waals surface area contributed by atoms with E-state index in [9.17, 15) is 4.79 Å². The Bertz CT molecular complexity index is 283. The lowest BCUT2D eigenvalue weighted by Crippen LogP contribution is -2.38. The molecule has 4 nitrogen and oxygen atoms in total. The van der Waals surface area contributed by atoms with Gasteiger partial charge < -0.3 is 10.6 Å². The van der Waals surface area contributed by atoms with E-state index in [1.165, 1.54) is 0 Å². The van der Waals surface area contributed by atoms with Gasteiger partial charge in [-0.15, -0.1) is 0 Å². The number of aliphatic imine (C=N–C) groups is 1. The summed E-state index contributed by atoms with van der Waals surface area (Å²) in [6.07, 6.45) is 5.20. The number of carbonyl (C=O) groups is 1. The standard InChI is InChI=1S/C9H13N3O/c10-7-4-8(6-11-5-7)12-3-1-2-9(12)13/h4-5,8H,1-3,6,10H2. The first-order valence-corrected chi connectivity index (χ1v) is 4.54. The molecule has 2 N–H and O–H groups in total. The fourth-order valence-corrected chi connectivity index (χ4v) is 1.79. The van der Waals surface area contributed by atoms with Gasteiger partial charge in [-0.3, -0.25) is 9.79 Å². The van der Waals surface area contributed by atoms with Crippen molar-refractivity contribution in [2.24, 2.45) is 10.7 Å². The highest BCUT2D eigenvalue weighted by Crippen LogP contribution is 2.16. The molecule has 1 fully saturated rings. The molecule has 1 atom stereocenters. The van der Waals surface area contributed by atoms with E-state index < -0.39 is 0 Å². The van der Waals surface area contributed by atoms with Crippen LogP contribution in [0, 0.1) is 0 Å². The lowest BCUT2D eigenvalue weighted by atomic mass is 10.2. The van der Waals surface area contributed by atoms with E-state index in [0.717, 1.165) is 13.0 Å². The van der Waals surface area contributed by atoms with Gasteiger partial charge in [-0.2, -0.15) is 0 Å². The van der Waals surface area contributed by atoms with E-state index in [1.54, 1.807) is 6.21 Å². The van der Waals surface area contributed by atoms with E-state index in [4.69, 9.17) is 5.73 Å². The van der Waals surface area contributed by atoms with Crippen molar-refractivity contribution in [3.63, 3.8) is 0 Å². The summed E-state index contributed by atoms with van der Waals surface area (Å²) >= 11 is 0. The molecule has 0 aromatic carbocycles. The fourth-order valence-electron chi connectivity index (χ4n) is 1.79. The molecule has 0 spiro atoms. The second-order valence-corrected chi connectivity index (χ2v) is 3.42. The number of nitrogens with zero attached hydrogens (tertiary/aromatic N) is 2. The lowest BCUT2D eigenvalue weighted by molar-refractivity contribution is -0.128. The number of allylic oxidation sites excluding steroid dienone is 1. The van der Waals surface area contributed by atoms with Crippen LogP contribution in [0.25, 0.3) is 0 Å². The molecule has 0 radical (unpaired) electrons. The fraction of sp³-hybridized carbons (Fsp3) is 0.556. The number of amides is 1. The predicted octanol–water partition coefficient (Wildman–Crippen LogP) is -0.0956. The summed E-state index contributed by atoms with van der Waals surface area (Å²) < 4.78 is 0. The summed E-state index contributed by atoms with van der Waals surface area (Å²) in [4.78, 5) is 17.4. The summed E-state index contributed by atoms with van der Waals surface area (Å²) in [5.41, 5.74) is 6.27. The Kier molecular flexibility index (Phi) is 2.04. The molecule has 0 aromatic rings. The molecular weight excluding hydrogens is 166 g/mol. The van der Waals surface area contributed by atoms with Crippen molar-refractivity contribution in [1.29, 1.82) is 0 Å². The van der Waals surface area contributed by atoms with Crippen LogP contribution < -0.4 is 5.73 Å². The highest BCUT2D eigenvalue weighted by atomic mass is 16.2. The summed E-state index contributed by atoms with van der Waals surface area (Å²) in [5.74, 6) is 0.228.